The SMILES string of the molecule is CC[C@@H]1C(=O)N(Cc2ccccc2)C(=O)[C@H]1C(=O)[C@@H](NC(=O)OCc1ccccc1)C(C)C. The Balaban J connectivity index is 1.72. The molecule has 7 heteroatoms. The molecule has 33 heavy (non-hydrogen) atoms. The quantitative estimate of drug-likeness (QED) is 0.464. The summed E-state index contributed by atoms with van der Waals surface area (Å²) in [7, 11) is 0. The predicted octanol–water partition coefficient (Wildman–Crippen LogP) is 3.72. The third kappa shape index (κ3) is 5.66. The molecule has 3 atom stereocenters. The van der Waals surface area contributed by atoms with E-state index in [0.29, 0.717) is 6.42 Å². The molecular formula is C26H30N2O5. The number of nitrogens with zero attached hydrogens (tertiary/aromatic N) is 1. The maximum absolute atomic E-state index is 13.4. The summed E-state index contributed by atoms with van der Waals surface area (Å²) in [5.41, 5.74) is 1.63. The minimum atomic E-state index is -1.12. The first-order chi connectivity index (χ1) is 15.8. The van der Waals surface area contributed by atoms with Crippen LogP contribution >= 0.6 is 0 Å². The molecule has 0 radical (unpaired) electrons. The number of carbonyl (C=O) groups excluding carboxylic acids is 4. The lowest BCUT2D eigenvalue weighted by molar-refractivity contribution is -0.141. The summed E-state index contributed by atoms with van der Waals surface area (Å²) in [4.78, 5) is 53.2. The molecule has 0 saturated carbocycles. The molecule has 2 aromatic carbocycles. The van der Waals surface area contributed by atoms with E-state index in [0.717, 1.165) is 16.0 Å². The van der Waals surface area contributed by atoms with Crippen molar-refractivity contribution in [1.29, 1.82) is 0 Å². The number of nitrogens with one attached hydrogen (secondary N) is 1. The molecule has 174 valence electrons. The highest BCUT2D eigenvalue weighted by atomic mass is 16.5. The largest absolute Gasteiger partial charge is 0.445 e. The zero-order chi connectivity index (χ0) is 24.0. The Bertz CT molecular complexity index is 990. The number of hydrogen-bond acceptors (Lipinski definition) is 5. The minimum absolute atomic E-state index is 0.0644. The van der Waals surface area contributed by atoms with Gasteiger partial charge < -0.3 is 10.1 Å². The van der Waals surface area contributed by atoms with Gasteiger partial charge in [0.2, 0.25) is 11.8 Å². The number of ether oxygens (including phenoxy) is 1. The van der Waals surface area contributed by atoms with Crippen LogP contribution in [0.2, 0.25) is 0 Å². The summed E-state index contributed by atoms with van der Waals surface area (Å²) in [6.07, 6.45) is -0.382. The second-order valence-corrected chi connectivity index (χ2v) is 8.57. The lowest BCUT2D eigenvalue weighted by Gasteiger charge is -2.24. The Morgan fingerprint density at radius 1 is 0.939 bits per heavy atom. The van der Waals surface area contributed by atoms with Gasteiger partial charge in [0, 0.05) is 0 Å². The highest BCUT2D eigenvalue weighted by molar-refractivity contribution is 6.16. The molecule has 1 aliphatic heterocycles. The Kier molecular flexibility index (Phi) is 7.98. The van der Waals surface area contributed by atoms with E-state index in [-0.39, 0.29) is 25.0 Å². The lowest BCUT2D eigenvalue weighted by atomic mass is 9.83. The van der Waals surface area contributed by atoms with Crippen LogP contribution in [0.5, 0.6) is 0 Å². The van der Waals surface area contributed by atoms with Gasteiger partial charge in [-0.3, -0.25) is 19.3 Å². The smallest absolute Gasteiger partial charge is 0.408 e. The Morgan fingerprint density at radius 2 is 1.52 bits per heavy atom. The highest BCUT2D eigenvalue weighted by Crippen LogP contribution is 2.32. The average Bonchev–Trinajstić information content (AvgIpc) is 3.06. The van der Waals surface area contributed by atoms with Crippen LogP contribution in [0.1, 0.15) is 38.3 Å². The van der Waals surface area contributed by atoms with E-state index >= 15 is 0 Å². The molecule has 1 heterocycles. The number of Topliss-reactive ketones (excluding diaryl/α,β-unsaturated/α-hetero) is 1. The third-order valence-electron chi connectivity index (χ3n) is 5.91. The fraction of sp³-hybridized carbons (Fsp3) is 0.385. The first-order valence-electron chi connectivity index (χ1n) is 11.2. The molecule has 1 N–H and O–H groups in total. The van der Waals surface area contributed by atoms with Crippen molar-refractivity contribution in [3.63, 3.8) is 0 Å². The molecule has 0 bridgehead atoms. The lowest BCUT2D eigenvalue weighted by Crippen LogP contribution is -2.49. The number of likely N-dealkylation sites (tertiary alicyclic amines) is 1. The first-order valence-corrected chi connectivity index (χ1v) is 11.2. The summed E-state index contributed by atoms with van der Waals surface area (Å²) < 4.78 is 5.26. The van der Waals surface area contributed by atoms with Gasteiger partial charge in [-0.1, -0.05) is 81.4 Å². The van der Waals surface area contributed by atoms with Gasteiger partial charge in [-0.05, 0) is 23.5 Å². The van der Waals surface area contributed by atoms with Crippen LogP contribution in [0.25, 0.3) is 0 Å². The highest BCUT2D eigenvalue weighted by Gasteiger charge is 2.52. The molecule has 1 fully saturated rings. The van der Waals surface area contributed by atoms with Crippen molar-refractivity contribution < 1.29 is 23.9 Å². The van der Waals surface area contributed by atoms with Gasteiger partial charge in [-0.25, -0.2) is 4.79 Å². The summed E-state index contributed by atoms with van der Waals surface area (Å²) in [5.74, 6) is -3.46. The molecule has 3 rings (SSSR count). The minimum Gasteiger partial charge on any atom is -0.445 e. The standard InChI is InChI=1S/C26H30N2O5/c1-4-20-21(25(31)28(24(20)30)15-18-11-7-5-8-12-18)23(29)22(17(2)3)27-26(32)33-16-19-13-9-6-10-14-19/h5-14,17,20-22H,4,15-16H2,1-3H3,(H,27,32)/t20-,21+,22-/m0/s1. The number of hydrogen-bond donors (Lipinski definition) is 1. The Morgan fingerprint density at radius 3 is 2.06 bits per heavy atom. The number of carbonyl (C=O) groups is 4. The molecule has 0 aromatic heterocycles. The number of rotatable bonds is 9. The van der Waals surface area contributed by atoms with Crippen LogP contribution in [0, 0.1) is 17.8 Å². The normalized spacial score (nSPS) is 19.0. The maximum atomic E-state index is 13.4. The molecule has 0 unspecified atom stereocenters. The van der Waals surface area contributed by atoms with Crippen molar-refractivity contribution in [3.8, 4) is 0 Å². The second kappa shape index (κ2) is 10.9. The van der Waals surface area contributed by atoms with Gasteiger partial charge in [0.25, 0.3) is 0 Å². The van der Waals surface area contributed by atoms with Crippen molar-refractivity contribution in [3.05, 3.63) is 71.8 Å². The van der Waals surface area contributed by atoms with Crippen LogP contribution in [0.4, 0.5) is 4.79 Å². The van der Waals surface area contributed by atoms with Crippen LogP contribution < -0.4 is 5.32 Å². The van der Waals surface area contributed by atoms with E-state index in [1.165, 1.54) is 0 Å². The molecule has 2 aromatic rings. The molecule has 1 saturated heterocycles. The zero-order valence-corrected chi connectivity index (χ0v) is 19.2. The Labute approximate surface area is 194 Å². The van der Waals surface area contributed by atoms with Crippen LogP contribution in [0.15, 0.2) is 60.7 Å². The molecule has 3 amide bonds. The third-order valence-corrected chi connectivity index (χ3v) is 5.91. The summed E-state index contributed by atoms with van der Waals surface area (Å²) in [6, 6.07) is 17.4. The van der Waals surface area contributed by atoms with Crippen LogP contribution in [0.3, 0.4) is 0 Å². The monoisotopic (exact) mass is 450 g/mol. The molecule has 0 aliphatic carbocycles. The fourth-order valence-electron chi connectivity index (χ4n) is 4.10. The van der Waals surface area contributed by atoms with E-state index in [4.69, 9.17) is 4.74 Å². The second-order valence-electron chi connectivity index (χ2n) is 8.57. The number of ketones is 1. The number of benzene rings is 2. The van der Waals surface area contributed by atoms with E-state index in [9.17, 15) is 19.2 Å². The number of alkyl carbamates (subject to hydrolysis) is 1. The van der Waals surface area contributed by atoms with E-state index in [1.54, 1.807) is 20.8 Å². The fourth-order valence-corrected chi connectivity index (χ4v) is 4.10. The first kappa shape index (κ1) is 24.2. The molecular weight excluding hydrogens is 420 g/mol. The average molecular weight is 451 g/mol. The number of amides is 3. The van der Waals surface area contributed by atoms with Gasteiger partial charge in [0.1, 0.15) is 12.5 Å². The van der Waals surface area contributed by atoms with E-state index < -0.39 is 35.7 Å². The van der Waals surface area contributed by atoms with Crippen LogP contribution in [-0.2, 0) is 32.3 Å². The van der Waals surface area contributed by atoms with Crippen molar-refractivity contribution >= 4 is 23.7 Å². The van der Waals surface area contributed by atoms with Gasteiger partial charge in [0.05, 0.1) is 18.5 Å². The predicted molar refractivity (Wildman–Crippen MR) is 123 cm³/mol. The van der Waals surface area contributed by atoms with Crippen molar-refractivity contribution in [2.45, 2.75) is 46.4 Å². The summed E-state index contributed by atoms with van der Waals surface area (Å²) in [5, 5.41) is 2.62. The van der Waals surface area contributed by atoms with E-state index in [2.05, 4.69) is 5.32 Å². The Hall–Kier alpha value is -3.48. The summed E-state index contributed by atoms with van der Waals surface area (Å²) in [6.45, 7) is 5.54. The van der Waals surface area contributed by atoms with Gasteiger partial charge >= 0.3 is 6.09 Å². The number of imide groups is 1. The molecule has 0 spiro atoms. The zero-order valence-electron chi connectivity index (χ0n) is 19.2. The van der Waals surface area contributed by atoms with Crippen LogP contribution in [-0.4, -0.2) is 34.6 Å². The molecule has 1 aliphatic rings. The van der Waals surface area contributed by atoms with Crippen molar-refractivity contribution in [2.75, 3.05) is 0 Å². The van der Waals surface area contributed by atoms with Gasteiger partial charge in [-0.2, -0.15) is 0 Å². The molecule has 7 nitrogen and oxygen atoms in total. The summed E-state index contributed by atoms with van der Waals surface area (Å²) >= 11 is 0. The van der Waals surface area contributed by atoms with Crippen molar-refractivity contribution in [1.82, 2.24) is 10.2 Å². The van der Waals surface area contributed by atoms with Gasteiger partial charge in [-0.15, -0.1) is 0 Å². The topological polar surface area (TPSA) is 92.8 Å². The maximum Gasteiger partial charge on any atom is 0.408 e. The van der Waals surface area contributed by atoms with Crippen molar-refractivity contribution in [2.24, 2.45) is 17.8 Å². The van der Waals surface area contributed by atoms with Gasteiger partial charge in [0.15, 0.2) is 5.78 Å². The van der Waals surface area contributed by atoms with E-state index in [1.807, 2.05) is 60.7 Å².